The summed E-state index contributed by atoms with van der Waals surface area (Å²) in [6.45, 7) is 0.651. The van der Waals surface area contributed by atoms with Crippen LogP contribution in [0, 0.1) is 0 Å². The maximum absolute atomic E-state index is 5.98. The first-order valence-corrected chi connectivity index (χ1v) is 8.67. The third-order valence-corrected chi connectivity index (χ3v) is 5.55. The normalized spacial score (nSPS) is 15.1. The maximum atomic E-state index is 5.98. The van der Waals surface area contributed by atoms with Crippen LogP contribution >= 0.6 is 27.7 Å². The van der Waals surface area contributed by atoms with E-state index in [4.69, 9.17) is 5.73 Å². The fraction of sp³-hybridized carbons (Fsp3) is 0.294. The second kappa shape index (κ2) is 6.33. The van der Waals surface area contributed by atoms with Gasteiger partial charge in [0.2, 0.25) is 0 Å². The van der Waals surface area contributed by atoms with Gasteiger partial charge < -0.3 is 5.73 Å². The Hall–Kier alpha value is -0.770. The molecule has 2 N–H and O–H groups in total. The summed E-state index contributed by atoms with van der Waals surface area (Å²) in [6, 6.07) is 15.3. The summed E-state index contributed by atoms with van der Waals surface area (Å²) in [4.78, 5) is 1.33. The SMILES string of the molecule is NCC(Sc1ccc2c(c1)CCC2)c1cccc(Br)c1. The highest BCUT2D eigenvalue weighted by Gasteiger charge is 2.15. The highest BCUT2D eigenvalue weighted by Crippen LogP contribution is 2.37. The first-order chi connectivity index (χ1) is 9.76. The highest BCUT2D eigenvalue weighted by molar-refractivity contribution is 9.10. The summed E-state index contributed by atoms with van der Waals surface area (Å²) in [5, 5.41) is 0.312. The van der Waals surface area contributed by atoms with Gasteiger partial charge in [-0.15, -0.1) is 11.8 Å². The number of nitrogens with two attached hydrogens (primary N) is 1. The summed E-state index contributed by atoms with van der Waals surface area (Å²) in [7, 11) is 0. The monoisotopic (exact) mass is 347 g/mol. The Kier molecular flexibility index (Phi) is 4.49. The van der Waals surface area contributed by atoms with Crippen LogP contribution in [0.5, 0.6) is 0 Å². The lowest BCUT2D eigenvalue weighted by molar-refractivity contribution is 0.911. The van der Waals surface area contributed by atoms with Crippen LogP contribution in [0.3, 0.4) is 0 Å². The Morgan fingerprint density at radius 2 is 1.95 bits per heavy atom. The number of aryl methyl sites for hydroxylation is 2. The van der Waals surface area contributed by atoms with Gasteiger partial charge in [-0.1, -0.05) is 34.1 Å². The van der Waals surface area contributed by atoms with Crippen molar-refractivity contribution in [2.45, 2.75) is 29.4 Å². The maximum Gasteiger partial charge on any atom is 0.0467 e. The number of hydrogen-bond donors (Lipinski definition) is 1. The minimum Gasteiger partial charge on any atom is -0.329 e. The average Bonchev–Trinajstić information content (AvgIpc) is 2.92. The van der Waals surface area contributed by atoms with Crippen molar-refractivity contribution in [3.8, 4) is 0 Å². The first kappa shape index (κ1) is 14.2. The van der Waals surface area contributed by atoms with Gasteiger partial charge in [0.05, 0.1) is 0 Å². The molecule has 0 radical (unpaired) electrons. The Balaban J connectivity index is 1.81. The van der Waals surface area contributed by atoms with Crippen molar-refractivity contribution in [3.05, 3.63) is 63.6 Å². The van der Waals surface area contributed by atoms with E-state index >= 15 is 0 Å². The largest absolute Gasteiger partial charge is 0.329 e. The lowest BCUT2D eigenvalue weighted by Gasteiger charge is -2.16. The molecule has 0 heterocycles. The molecule has 2 aromatic carbocycles. The zero-order chi connectivity index (χ0) is 13.9. The van der Waals surface area contributed by atoms with Gasteiger partial charge in [0.25, 0.3) is 0 Å². The summed E-state index contributed by atoms with van der Waals surface area (Å²) in [5.74, 6) is 0. The van der Waals surface area contributed by atoms with Gasteiger partial charge >= 0.3 is 0 Å². The molecule has 104 valence electrons. The fourth-order valence-electron chi connectivity index (χ4n) is 2.74. The molecule has 3 rings (SSSR count). The van der Waals surface area contributed by atoms with Crippen LogP contribution in [0.1, 0.15) is 28.4 Å². The van der Waals surface area contributed by atoms with Crippen LogP contribution < -0.4 is 5.73 Å². The van der Waals surface area contributed by atoms with E-state index in [1.165, 1.54) is 40.8 Å². The molecule has 2 aromatic rings. The third-order valence-electron chi connectivity index (χ3n) is 3.78. The van der Waals surface area contributed by atoms with E-state index < -0.39 is 0 Å². The molecular weight excluding hydrogens is 330 g/mol. The summed E-state index contributed by atoms with van der Waals surface area (Å²) >= 11 is 5.41. The lowest BCUT2D eigenvalue weighted by Crippen LogP contribution is -2.09. The first-order valence-electron chi connectivity index (χ1n) is 7.00. The molecule has 0 saturated heterocycles. The second-order valence-electron chi connectivity index (χ2n) is 5.18. The summed E-state index contributed by atoms with van der Waals surface area (Å²) < 4.78 is 1.11. The average molecular weight is 348 g/mol. The predicted octanol–water partition coefficient (Wildman–Crippen LogP) is 4.73. The van der Waals surface area contributed by atoms with Crippen molar-refractivity contribution in [2.24, 2.45) is 5.73 Å². The van der Waals surface area contributed by atoms with Gasteiger partial charge in [0, 0.05) is 21.2 Å². The van der Waals surface area contributed by atoms with Gasteiger partial charge in [-0.2, -0.15) is 0 Å². The summed E-state index contributed by atoms with van der Waals surface area (Å²) in [5.41, 5.74) is 10.3. The van der Waals surface area contributed by atoms with Crippen molar-refractivity contribution in [3.63, 3.8) is 0 Å². The van der Waals surface area contributed by atoms with Gasteiger partial charge in [0.15, 0.2) is 0 Å². The van der Waals surface area contributed by atoms with Gasteiger partial charge in [-0.3, -0.25) is 0 Å². The Bertz CT molecular complexity index is 612. The van der Waals surface area contributed by atoms with Crippen molar-refractivity contribution in [1.82, 2.24) is 0 Å². The molecule has 0 amide bonds. The van der Waals surface area contributed by atoms with Gasteiger partial charge in [-0.25, -0.2) is 0 Å². The molecule has 1 atom stereocenters. The Morgan fingerprint density at radius 3 is 2.75 bits per heavy atom. The van der Waals surface area contributed by atoms with E-state index in [0.29, 0.717) is 11.8 Å². The number of benzene rings is 2. The van der Waals surface area contributed by atoms with E-state index in [1.807, 2.05) is 11.8 Å². The number of halogens is 1. The zero-order valence-corrected chi connectivity index (χ0v) is 13.7. The van der Waals surface area contributed by atoms with Crippen LogP contribution in [0.2, 0.25) is 0 Å². The van der Waals surface area contributed by atoms with Gasteiger partial charge in [0.1, 0.15) is 0 Å². The van der Waals surface area contributed by atoms with Crippen LogP contribution in [-0.2, 0) is 12.8 Å². The van der Waals surface area contributed by atoms with Crippen LogP contribution in [0.15, 0.2) is 51.8 Å². The zero-order valence-electron chi connectivity index (χ0n) is 11.3. The van der Waals surface area contributed by atoms with Crippen molar-refractivity contribution in [1.29, 1.82) is 0 Å². The molecule has 1 aliphatic carbocycles. The molecule has 0 aromatic heterocycles. The molecule has 0 spiro atoms. The second-order valence-corrected chi connectivity index (χ2v) is 7.37. The van der Waals surface area contributed by atoms with E-state index in [2.05, 4.69) is 58.4 Å². The van der Waals surface area contributed by atoms with E-state index in [1.54, 1.807) is 0 Å². The Labute approximate surface area is 133 Å². The van der Waals surface area contributed by atoms with Crippen LogP contribution in [0.25, 0.3) is 0 Å². The molecule has 20 heavy (non-hydrogen) atoms. The number of rotatable bonds is 4. The molecule has 1 aliphatic rings. The van der Waals surface area contributed by atoms with Crippen LogP contribution in [0.4, 0.5) is 0 Å². The molecule has 0 fully saturated rings. The number of hydrogen-bond acceptors (Lipinski definition) is 2. The Morgan fingerprint density at radius 1 is 1.10 bits per heavy atom. The van der Waals surface area contributed by atoms with E-state index in [0.717, 1.165) is 4.47 Å². The summed E-state index contributed by atoms with van der Waals surface area (Å²) in [6.07, 6.45) is 3.77. The standard InChI is InChI=1S/C17H18BrNS/c18-15-6-2-5-14(9-15)17(11-19)20-16-8-7-12-3-1-4-13(12)10-16/h2,5-10,17H,1,3-4,11,19H2. The van der Waals surface area contributed by atoms with E-state index in [9.17, 15) is 0 Å². The number of thioether (sulfide) groups is 1. The fourth-order valence-corrected chi connectivity index (χ4v) is 4.23. The molecule has 1 nitrogen and oxygen atoms in total. The molecule has 0 saturated carbocycles. The molecule has 3 heteroatoms. The molecule has 0 aliphatic heterocycles. The van der Waals surface area contributed by atoms with Crippen molar-refractivity contribution >= 4 is 27.7 Å². The highest BCUT2D eigenvalue weighted by atomic mass is 79.9. The number of fused-ring (bicyclic) bond motifs is 1. The quantitative estimate of drug-likeness (QED) is 0.809. The van der Waals surface area contributed by atoms with Crippen molar-refractivity contribution in [2.75, 3.05) is 6.54 Å². The minimum atomic E-state index is 0.312. The molecule has 0 bridgehead atoms. The molecular formula is C17H18BrNS. The minimum absolute atomic E-state index is 0.312. The van der Waals surface area contributed by atoms with Gasteiger partial charge in [-0.05, 0) is 60.2 Å². The molecule has 1 unspecified atom stereocenters. The smallest absolute Gasteiger partial charge is 0.0467 e. The van der Waals surface area contributed by atoms with E-state index in [-0.39, 0.29) is 0 Å². The van der Waals surface area contributed by atoms with Crippen LogP contribution in [-0.4, -0.2) is 6.54 Å². The van der Waals surface area contributed by atoms with Crippen molar-refractivity contribution < 1.29 is 0 Å². The predicted molar refractivity (Wildman–Crippen MR) is 90.3 cm³/mol. The third kappa shape index (κ3) is 3.11. The lowest BCUT2D eigenvalue weighted by atomic mass is 10.1. The topological polar surface area (TPSA) is 26.0 Å².